The first-order valence-electron chi connectivity index (χ1n) is 5.86. The van der Waals surface area contributed by atoms with E-state index in [-0.39, 0.29) is 5.17 Å². The van der Waals surface area contributed by atoms with Crippen molar-refractivity contribution in [3.63, 3.8) is 0 Å². The maximum absolute atomic E-state index is 12.0. The maximum atomic E-state index is 12.0. The Hall–Kier alpha value is -1.59. The highest BCUT2D eigenvalue weighted by atomic mass is 32.8. The number of hydrogen-bond acceptors (Lipinski definition) is 7. The summed E-state index contributed by atoms with van der Waals surface area (Å²) in [5.74, 6) is 0. The molecule has 0 aromatic heterocycles. The molecule has 0 bridgehead atoms. The quantitative estimate of drug-likeness (QED) is 0.489. The number of carbonyl (C=O) groups excluding carboxylic acids is 2. The molecule has 9 nitrogen and oxygen atoms in total. The second kappa shape index (κ2) is 6.91. The van der Waals surface area contributed by atoms with Crippen LogP contribution >= 0.6 is 0 Å². The summed E-state index contributed by atoms with van der Waals surface area (Å²) in [6, 6.07) is -0.668. The zero-order valence-electron chi connectivity index (χ0n) is 12.3. The SMILES string of the molecule is CC(C)OC(=O)N1C(=NC(=O)N(C)C)[S-](=S(=O)=O)=CN1C. The van der Waals surface area contributed by atoms with Gasteiger partial charge in [-0.05, 0) is 13.8 Å². The van der Waals surface area contributed by atoms with E-state index in [1.807, 2.05) is 0 Å². The van der Waals surface area contributed by atoms with Crippen molar-refractivity contribution in [3.05, 3.63) is 0 Å². The molecule has 0 saturated heterocycles. The maximum Gasteiger partial charge on any atom is 0.429 e. The molecule has 0 aromatic carbocycles. The first-order valence-corrected chi connectivity index (χ1v) is 8.74. The molecule has 21 heavy (non-hydrogen) atoms. The molecule has 0 radical (unpaired) electrons. The fourth-order valence-electron chi connectivity index (χ4n) is 1.28. The first-order chi connectivity index (χ1) is 9.65. The van der Waals surface area contributed by atoms with E-state index in [2.05, 4.69) is 4.99 Å². The molecule has 0 spiro atoms. The van der Waals surface area contributed by atoms with Crippen LogP contribution in [0.3, 0.4) is 0 Å². The van der Waals surface area contributed by atoms with Crippen LogP contribution in [0, 0.1) is 0 Å². The summed E-state index contributed by atoms with van der Waals surface area (Å²) in [6.07, 6.45) is -1.19. The molecule has 1 heterocycles. The number of aliphatic imine (C=N–C) groups is 1. The molecule has 0 unspecified atom stereocenters. The fourth-order valence-corrected chi connectivity index (χ4v) is 3.75. The fraction of sp³-hybridized carbons (Fsp3) is 0.600. The van der Waals surface area contributed by atoms with Gasteiger partial charge in [0.15, 0.2) is 0 Å². The van der Waals surface area contributed by atoms with Gasteiger partial charge in [-0.1, -0.05) is 0 Å². The average Bonchev–Trinajstić information content (AvgIpc) is 2.65. The summed E-state index contributed by atoms with van der Waals surface area (Å²) in [6.45, 7) is 3.32. The number of nitrogens with zero attached hydrogens (tertiary/aromatic N) is 4. The van der Waals surface area contributed by atoms with Gasteiger partial charge in [0, 0.05) is 21.1 Å². The van der Waals surface area contributed by atoms with Crippen LogP contribution in [0.4, 0.5) is 9.59 Å². The molecule has 0 saturated carbocycles. The number of hydrogen-bond donors (Lipinski definition) is 0. The Morgan fingerprint density at radius 1 is 1.38 bits per heavy atom. The van der Waals surface area contributed by atoms with Crippen LogP contribution in [-0.2, 0) is 23.0 Å². The van der Waals surface area contributed by atoms with Crippen LogP contribution < -0.4 is 0 Å². The van der Waals surface area contributed by atoms with Crippen LogP contribution in [-0.4, -0.2) is 73.4 Å². The van der Waals surface area contributed by atoms with Gasteiger partial charge in [-0.15, -0.1) is 5.49 Å². The Labute approximate surface area is 125 Å². The van der Waals surface area contributed by atoms with Gasteiger partial charge in [0.05, 0.1) is 20.5 Å². The van der Waals surface area contributed by atoms with E-state index in [4.69, 9.17) is 4.74 Å². The van der Waals surface area contributed by atoms with Gasteiger partial charge in [-0.25, -0.2) is 33.0 Å². The number of amidine groups is 1. The van der Waals surface area contributed by atoms with E-state index in [0.717, 1.165) is 5.01 Å². The molecule has 120 valence electrons. The molecule has 3 amide bonds. The normalized spacial score (nSPS) is 18.0. The van der Waals surface area contributed by atoms with Crippen molar-refractivity contribution in [2.24, 2.45) is 4.99 Å². The minimum absolute atomic E-state index is 0.185. The number of rotatable bonds is 1. The van der Waals surface area contributed by atoms with Crippen molar-refractivity contribution in [1.29, 1.82) is 0 Å². The molecule has 0 aliphatic carbocycles. The number of amides is 3. The zero-order chi connectivity index (χ0) is 16.3. The van der Waals surface area contributed by atoms with Gasteiger partial charge in [-0.3, -0.25) is 9.04 Å². The molecular weight excluding hydrogens is 320 g/mol. The van der Waals surface area contributed by atoms with E-state index in [0.29, 0.717) is 0 Å². The highest BCUT2D eigenvalue weighted by Gasteiger charge is 2.25. The second-order valence-electron chi connectivity index (χ2n) is 4.50. The van der Waals surface area contributed by atoms with Crippen LogP contribution in [0.25, 0.3) is 0 Å². The van der Waals surface area contributed by atoms with Crippen molar-refractivity contribution >= 4 is 41.1 Å². The van der Waals surface area contributed by atoms with Crippen LogP contribution in [0.2, 0.25) is 0 Å². The number of carbonyl (C=O) groups is 2. The lowest BCUT2D eigenvalue weighted by atomic mass is 10.5. The molecule has 1 aliphatic heterocycles. The molecule has 0 N–H and O–H groups in total. The van der Waals surface area contributed by atoms with E-state index in [9.17, 15) is 18.0 Å². The molecule has 11 heteroatoms. The highest BCUT2D eigenvalue weighted by molar-refractivity contribution is 8.40. The lowest BCUT2D eigenvalue weighted by Crippen LogP contribution is -2.44. The predicted molar refractivity (Wildman–Crippen MR) is 80.1 cm³/mol. The van der Waals surface area contributed by atoms with Crippen molar-refractivity contribution < 1.29 is 22.7 Å². The number of urea groups is 1. The van der Waals surface area contributed by atoms with Crippen molar-refractivity contribution in [2.45, 2.75) is 20.0 Å². The van der Waals surface area contributed by atoms with E-state index >= 15 is 0 Å². The second-order valence-corrected chi connectivity index (χ2v) is 7.97. The monoisotopic (exact) mass is 337 g/mol. The Morgan fingerprint density at radius 3 is 2.38 bits per heavy atom. The molecule has 0 atom stereocenters. The van der Waals surface area contributed by atoms with Gasteiger partial charge in [0.25, 0.3) is 0 Å². The molecular formula is C10H17N4O5S2-. The van der Waals surface area contributed by atoms with Crippen LogP contribution in [0.5, 0.6) is 0 Å². The minimum Gasteiger partial charge on any atom is -0.445 e. The zero-order valence-corrected chi connectivity index (χ0v) is 13.9. The van der Waals surface area contributed by atoms with Gasteiger partial charge < -0.3 is 9.64 Å². The largest absolute Gasteiger partial charge is 0.445 e. The lowest BCUT2D eigenvalue weighted by Gasteiger charge is -2.27. The molecule has 1 aliphatic rings. The third kappa shape index (κ3) is 4.19. The van der Waals surface area contributed by atoms with Gasteiger partial charge in [0.1, 0.15) is 0 Å². The summed E-state index contributed by atoms with van der Waals surface area (Å²) in [5.41, 5.74) is 1.28. The Bertz CT molecular complexity index is 666. The first kappa shape index (κ1) is 17.5. The molecule has 0 fully saturated rings. The van der Waals surface area contributed by atoms with Crippen molar-refractivity contribution in [2.75, 3.05) is 21.1 Å². The number of ether oxygens (including phenoxy) is 1. The highest BCUT2D eigenvalue weighted by Crippen LogP contribution is 2.10. The predicted octanol–water partition coefficient (Wildman–Crippen LogP) is -0.0965. The van der Waals surface area contributed by atoms with Gasteiger partial charge in [0.2, 0.25) is 0 Å². The van der Waals surface area contributed by atoms with Crippen molar-refractivity contribution in [3.8, 4) is 0 Å². The molecule has 1 rings (SSSR count). The third-order valence-corrected chi connectivity index (χ3v) is 5.15. The topological polar surface area (TPSA) is 99.6 Å². The van der Waals surface area contributed by atoms with Crippen LogP contribution in [0.15, 0.2) is 4.99 Å². The summed E-state index contributed by atoms with van der Waals surface area (Å²) in [4.78, 5) is 28.6. The number of hydrazine groups is 1. The molecule has 0 aromatic rings. The van der Waals surface area contributed by atoms with Gasteiger partial charge >= 0.3 is 12.1 Å². The van der Waals surface area contributed by atoms with Gasteiger partial charge in [-0.2, -0.15) is 0 Å². The Morgan fingerprint density at radius 2 is 1.95 bits per heavy atom. The summed E-state index contributed by atoms with van der Waals surface area (Å²) in [5, 5.41) is 1.99. The van der Waals surface area contributed by atoms with E-state index in [1.165, 1.54) is 36.5 Å². The smallest absolute Gasteiger partial charge is 0.429 e. The lowest BCUT2D eigenvalue weighted by molar-refractivity contribution is 0.0619. The standard InChI is InChI=1S/C10H17N4O5S2/c1-7(2)19-10(16)14-9(11-8(15)12(3)4)20(21(17)18)6-13(14)5/h6-7H,1-5H3/q-1. The average molecular weight is 337 g/mol. The third-order valence-electron chi connectivity index (χ3n) is 2.15. The summed E-state index contributed by atoms with van der Waals surface area (Å²) in [7, 11) is 0.364. The summed E-state index contributed by atoms with van der Waals surface area (Å²) < 4.78 is 27.6. The van der Waals surface area contributed by atoms with Crippen molar-refractivity contribution in [1.82, 2.24) is 14.9 Å². The van der Waals surface area contributed by atoms with E-state index in [1.54, 1.807) is 13.8 Å². The van der Waals surface area contributed by atoms with E-state index < -0.39 is 36.5 Å². The minimum atomic E-state index is -2.54. The Balaban J connectivity index is 3.35. The Kier molecular flexibility index (Phi) is 5.75. The summed E-state index contributed by atoms with van der Waals surface area (Å²) >= 11 is 0. The van der Waals surface area contributed by atoms with Crippen LogP contribution in [0.1, 0.15) is 13.8 Å².